The molecule has 0 saturated heterocycles. The molecule has 1 heterocycles. The first kappa shape index (κ1) is 15.4. The maximum Gasteiger partial charge on any atom is 0.287 e. The van der Waals surface area contributed by atoms with Crippen LogP contribution in [-0.4, -0.2) is 9.78 Å². The van der Waals surface area contributed by atoms with Gasteiger partial charge in [0.05, 0.1) is 11.9 Å². The fourth-order valence-corrected chi connectivity index (χ4v) is 2.11. The summed E-state index contributed by atoms with van der Waals surface area (Å²) in [6.07, 6.45) is 1.59. The first-order valence-electron chi connectivity index (χ1n) is 6.81. The van der Waals surface area contributed by atoms with E-state index in [1.54, 1.807) is 6.20 Å². The van der Waals surface area contributed by atoms with E-state index in [0.29, 0.717) is 24.7 Å². The quantitative estimate of drug-likeness (QED) is 0.833. The molecule has 0 fully saturated rings. The van der Waals surface area contributed by atoms with Crippen molar-refractivity contribution in [1.29, 1.82) is 0 Å². The number of nitrogens with two attached hydrogens (primary N) is 1. The van der Waals surface area contributed by atoms with Crippen LogP contribution in [0.5, 0.6) is 0 Å². The van der Waals surface area contributed by atoms with Gasteiger partial charge < -0.3 is 11.1 Å². The number of rotatable bonds is 5. The van der Waals surface area contributed by atoms with E-state index >= 15 is 0 Å². The van der Waals surface area contributed by atoms with Crippen LogP contribution in [0.3, 0.4) is 0 Å². The molecule has 0 bridgehead atoms. The summed E-state index contributed by atoms with van der Waals surface area (Å²) in [5.41, 5.74) is 7.67. The van der Waals surface area contributed by atoms with Gasteiger partial charge in [-0.15, -0.1) is 0 Å². The topological polar surface area (TPSA) is 72.9 Å². The summed E-state index contributed by atoms with van der Waals surface area (Å²) in [6, 6.07) is 7.50. The van der Waals surface area contributed by atoms with Gasteiger partial charge in [0.2, 0.25) is 0 Å². The summed E-state index contributed by atoms with van der Waals surface area (Å²) in [6.45, 7) is 5.15. The van der Waals surface area contributed by atoms with E-state index in [2.05, 4.69) is 10.4 Å². The van der Waals surface area contributed by atoms with E-state index in [4.69, 9.17) is 17.3 Å². The van der Waals surface area contributed by atoms with Crippen LogP contribution in [0.25, 0.3) is 0 Å². The standard InChI is InChI=1S/C15H19ClN4O/c1-10(2)9-20-15(21)14(16)13(8-19-20)18-7-11-3-5-12(17)6-4-11/h3-6,8,10,18H,7,9,17H2,1-2H3. The van der Waals surface area contributed by atoms with E-state index in [-0.39, 0.29) is 10.6 Å². The minimum Gasteiger partial charge on any atom is -0.399 e. The molecule has 6 heteroatoms. The van der Waals surface area contributed by atoms with Crippen LogP contribution in [0.15, 0.2) is 35.3 Å². The van der Waals surface area contributed by atoms with Crippen molar-refractivity contribution in [1.82, 2.24) is 9.78 Å². The molecule has 0 unspecified atom stereocenters. The molecule has 0 aliphatic rings. The van der Waals surface area contributed by atoms with Crippen molar-refractivity contribution >= 4 is 23.0 Å². The first-order chi connectivity index (χ1) is 9.97. The highest BCUT2D eigenvalue weighted by Crippen LogP contribution is 2.17. The van der Waals surface area contributed by atoms with Crippen molar-refractivity contribution in [3.8, 4) is 0 Å². The number of benzene rings is 1. The first-order valence-corrected chi connectivity index (χ1v) is 7.19. The molecule has 0 aliphatic carbocycles. The van der Waals surface area contributed by atoms with Crippen molar-refractivity contribution in [2.45, 2.75) is 26.9 Å². The Morgan fingerprint density at radius 2 is 2.00 bits per heavy atom. The van der Waals surface area contributed by atoms with Crippen LogP contribution in [0.4, 0.5) is 11.4 Å². The molecule has 0 amide bonds. The van der Waals surface area contributed by atoms with Crippen molar-refractivity contribution in [3.63, 3.8) is 0 Å². The smallest absolute Gasteiger partial charge is 0.287 e. The maximum absolute atomic E-state index is 12.1. The van der Waals surface area contributed by atoms with Crippen LogP contribution in [-0.2, 0) is 13.1 Å². The Labute approximate surface area is 128 Å². The van der Waals surface area contributed by atoms with E-state index in [1.807, 2.05) is 38.1 Å². The highest BCUT2D eigenvalue weighted by atomic mass is 35.5. The van der Waals surface area contributed by atoms with Gasteiger partial charge in [-0.2, -0.15) is 5.10 Å². The summed E-state index contributed by atoms with van der Waals surface area (Å²) >= 11 is 6.12. The van der Waals surface area contributed by atoms with Crippen LogP contribution >= 0.6 is 11.6 Å². The van der Waals surface area contributed by atoms with Crippen LogP contribution in [0.1, 0.15) is 19.4 Å². The average Bonchev–Trinajstić information content (AvgIpc) is 2.44. The Morgan fingerprint density at radius 1 is 1.33 bits per heavy atom. The molecule has 5 nitrogen and oxygen atoms in total. The third-order valence-electron chi connectivity index (χ3n) is 2.99. The third-order valence-corrected chi connectivity index (χ3v) is 3.35. The SMILES string of the molecule is CC(C)Cn1ncc(NCc2ccc(N)cc2)c(Cl)c1=O. The summed E-state index contributed by atoms with van der Waals surface area (Å²) in [5, 5.41) is 7.43. The second-order valence-electron chi connectivity index (χ2n) is 5.35. The minimum absolute atomic E-state index is 0.168. The number of nitrogens with one attached hydrogen (secondary N) is 1. The second-order valence-corrected chi connectivity index (χ2v) is 5.73. The summed E-state index contributed by atoms with van der Waals surface area (Å²) in [5.74, 6) is 0.333. The Kier molecular flexibility index (Phi) is 4.85. The monoisotopic (exact) mass is 306 g/mol. The van der Waals surface area contributed by atoms with Crippen LogP contribution in [0, 0.1) is 5.92 Å². The lowest BCUT2D eigenvalue weighted by Crippen LogP contribution is -2.26. The molecule has 3 N–H and O–H groups in total. The van der Waals surface area contributed by atoms with E-state index in [0.717, 1.165) is 11.3 Å². The fourth-order valence-electron chi connectivity index (χ4n) is 1.90. The van der Waals surface area contributed by atoms with Crippen LogP contribution < -0.4 is 16.6 Å². The number of halogens is 1. The van der Waals surface area contributed by atoms with Gasteiger partial charge in [0, 0.05) is 18.8 Å². The highest BCUT2D eigenvalue weighted by Gasteiger charge is 2.10. The van der Waals surface area contributed by atoms with Gasteiger partial charge in [-0.25, -0.2) is 4.68 Å². The molecular weight excluding hydrogens is 288 g/mol. The number of nitrogen functional groups attached to an aromatic ring is 1. The van der Waals surface area contributed by atoms with E-state index in [9.17, 15) is 4.79 Å². The second kappa shape index (κ2) is 6.63. The van der Waals surface area contributed by atoms with E-state index < -0.39 is 0 Å². The van der Waals surface area contributed by atoms with Crippen molar-refractivity contribution < 1.29 is 0 Å². The predicted octanol–water partition coefficient (Wildman–Crippen LogP) is 2.75. The predicted molar refractivity (Wildman–Crippen MR) is 86.5 cm³/mol. The van der Waals surface area contributed by atoms with Gasteiger partial charge in [-0.1, -0.05) is 37.6 Å². The largest absolute Gasteiger partial charge is 0.399 e. The van der Waals surface area contributed by atoms with Gasteiger partial charge in [-0.3, -0.25) is 4.79 Å². The van der Waals surface area contributed by atoms with Crippen LogP contribution in [0.2, 0.25) is 5.02 Å². The van der Waals surface area contributed by atoms with Crippen molar-refractivity contribution in [2.75, 3.05) is 11.1 Å². The van der Waals surface area contributed by atoms with Gasteiger partial charge >= 0.3 is 0 Å². The Balaban J connectivity index is 2.12. The normalized spacial score (nSPS) is 10.9. The number of anilines is 2. The summed E-state index contributed by atoms with van der Waals surface area (Å²) in [7, 11) is 0. The molecule has 112 valence electrons. The molecule has 21 heavy (non-hydrogen) atoms. The Hall–Kier alpha value is -2.01. The lowest BCUT2D eigenvalue weighted by atomic mass is 10.2. The lowest BCUT2D eigenvalue weighted by molar-refractivity contribution is 0.464. The summed E-state index contributed by atoms with van der Waals surface area (Å²) < 4.78 is 1.39. The number of aromatic nitrogens is 2. The number of nitrogens with zero attached hydrogens (tertiary/aromatic N) is 2. The highest BCUT2D eigenvalue weighted by molar-refractivity contribution is 6.32. The molecule has 0 saturated carbocycles. The van der Waals surface area contributed by atoms with E-state index in [1.165, 1.54) is 4.68 Å². The van der Waals surface area contributed by atoms with Crippen molar-refractivity contribution in [3.05, 3.63) is 51.4 Å². The molecular formula is C15H19ClN4O. The number of hydrogen-bond acceptors (Lipinski definition) is 4. The minimum atomic E-state index is -0.271. The molecule has 0 atom stereocenters. The zero-order valence-electron chi connectivity index (χ0n) is 12.1. The van der Waals surface area contributed by atoms with Crippen molar-refractivity contribution in [2.24, 2.45) is 5.92 Å². The lowest BCUT2D eigenvalue weighted by Gasteiger charge is -2.11. The van der Waals surface area contributed by atoms with Gasteiger partial charge in [0.15, 0.2) is 0 Å². The maximum atomic E-state index is 12.1. The Bertz CT molecular complexity index is 664. The van der Waals surface area contributed by atoms with Gasteiger partial charge in [-0.05, 0) is 23.6 Å². The van der Waals surface area contributed by atoms with Gasteiger partial charge in [0.1, 0.15) is 5.02 Å². The molecule has 1 aromatic heterocycles. The molecule has 1 aromatic carbocycles. The molecule has 0 spiro atoms. The molecule has 0 radical (unpaired) electrons. The number of hydrogen-bond donors (Lipinski definition) is 2. The Morgan fingerprint density at radius 3 is 2.62 bits per heavy atom. The molecule has 0 aliphatic heterocycles. The molecule has 2 aromatic rings. The third kappa shape index (κ3) is 3.98. The zero-order valence-corrected chi connectivity index (χ0v) is 12.9. The molecule has 2 rings (SSSR count). The summed E-state index contributed by atoms with van der Waals surface area (Å²) in [4.78, 5) is 12.1. The van der Waals surface area contributed by atoms with Gasteiger partial charge in [0.25, 0.3) is 5.56 Å². The average molecular weight is 307 g/mol. The zero-order chi connectivity index (χ0) is 15.4. The fraction of sp³-hybridized carbons (Fsp3) is 0.333.